The fourth-order valence-electron chi connectivity index (χ4n) is 2.27. The van der Waals surface area contributed by atoms with Gasteiger partial charge < -0.3 is 16.2 Å². The SMILES string of the molecule is CC1CCC(CO)(N=C(N)NC(C)(C)C)CC1. The van der Waals surface area contributed by atoms with E-state index in [4.69, 9.17) is 5.73 Å². The molecule has 4 N–H and O–H groups in total. The van der Waals surface area contributed by atoms with Gasteiger partial charge in [-0.2, -0.15) is 0 Å². The molecule has 1 saturated carbocycles. The summed E-state index contributed by atoms with van der Waals surface area (Å²) in [5.41, 5.74) is 5.47. The second-order valence-electron chi connectivity index (χ2n) is 6.44. The van der Waals surface area contributed by atoms with Crippen LogP contribution < -0.4 is 11.1 Å². The van der Waals surface area contributed by atoms with Crippen LogP contribution in [0.1, 0.15) is 53.4 Å². The molecular formula is C13H27N3O. The third-order valence-corrected chi connectivity index (χ3v) is 3.36. The topological polar surface area (TPSA) is 70.6 Å². The first-order chi connectivity index (χ1) is 7.76. The van der Waals surface area contributed by atoms with E-state index in [0.717, 1.165) is 31.6 Å². The Morgan fingerprint density at radius 2 is 1.94 bits per heavy atom. The molecule has 1 aliphatic rings. The summed E-state index contributed by atoms with van der Waals surface area (Å²) in [5, 5.41) is 12.7. The first-order valence-corrected chi connectivity index (χ1v) is 6.51. The summed E-state index contributed by atoms with van der Waals surface area (Å²) in [6.07, 6.45) is 4.09. The molecule has 17 heavy (non-hydrogen) atoms. The van der Waals surface area contributed by atoms with Crippen LogP contribution in [0.4, 0.5) is 0 Å². The van der Waals surface area contributed by atoms with E-state index in [-0.39, 0.29) is 17.7 Å². The zero-order chi connectivity index (χ0) is 13.1. The number of hydrogen-bond donors (Lipinski definition) is 3. The first kappa shape index (κ1) is 14.3. The molecule has 0 aromatic rings. The Labute approximate surface area is 105 Å². The monoisotopic (exact) mass is 241 g/mol. The zero-order valence-electron chi connectivity index (χ0n) is 11.6. The molecular weight excluding hydrogens is 214 g/mol. The van der Waals surface area contributed by atoms with Gasteiger partial charge in [0.1, 0.15) is 0 Å². The lowest BCUT2D eigenvalue weighted by atomic mass is 9.78. The summed E-state index contributed by atoms with van der Waals surface area (Å²) in [6, 6.07) is 0. The average molecular weight is 241 g/mol. The van der Waals surface area contributed by atoms with E-state index in [2.05, 4.69) is 17.2 Å². The number of aliphatic imine (C=N–C) groups is 1. The Morgan fingerprint density at radius 3 is 2.35 bits per heavy atom. The van der Waals surface area contributed by atoms with Gasteiger partial charge in [0, 0.05) is 5.54 Å². The Balaban J connectivity index is 2.71. The van der Waals surface area contributed by atoms with Crippen LogP contribution in [0.3, 0.4) is 0 Å². The number of rotatable bonds is 2. The third kappa shape index (κ3) is 4.54. The van der Waals surface area contributed by atoms with Gasteiger partial charge in [0.15, 0.2) is 5.96 Å². The first-order valence-electron chi connectivity index (χ1n) is 6.51. The molecule has 1 aliphatic carbocycles. The van der Waals surface area contributed by atoms with Gasteiger partial charge in [-0.05, 0) is 52.4 Å². The predicted molar refractivity (Wildman–Crippen MR) is 72.0 cm³/mol. The fourth-order valence-corrected chi connectivity index (χ4v) is 2.27. The second-order valence-corrected chi connectivity index (χ2v) is 6.44. The standard InChI is InChI=1S/C13H27N3O/c1-10-5-7-13(9-17,8-6-10)16-11(14)15-12(2,3)4/h10,17H,5-9H2,1-4H3,(H3,14,15,16). The van der Waals surface area contributed by atoms with Crippen LogP contribution in [-0.2, 0) is 0 Å². The van der Waals surface area contributed by atoms with E-state index in [1.54, 1.807) is 0 Å². The van der Waals surface area contributed by atoms with Crippen molar-refractivity contribution in [2.75, 3.05) is 6.61 Å². The van der Waals surface area contributed by atoms with Crippen molar-refractivity contribution < 1.29 is 5.11 Å². The highest BCUT2D eigenvalue weighted by atomic mass is 16.3. The summed E-state index contributed by atoms with van der Waals surface area (Å²) < 4.78 is 0. The van der Waals surface area contributed by atoms with E-state index in [1.165, 1.54) is 0 Å². The van der Waals surface area contributed by atoms with E-state index < -0.39 is 0 Å². The lowest BCUT2D eigenvalue weighted by Crippen LogP contribution is -2.48. The number of nitrogens with zero attached hydrogens (tertiary/aromatic N) is 1. The zero-order valence-corrected chi connectivity index (χ0v) is 11.6. The maximum atomic E-state index is 9.58. The smallest absolute Gasteiger partial charge is 0.189 e. The molecule has 0 atom stereocenters. The van der Waals surface area contributed by atoms with Gasteiger partial charge in [0.25, 0.3) is 0 Å². The molecule has 0 aliphatic heterocycles. The van der Waals surface area contributed by atoms with Gasteiger partial charge in [-0.15, -0.1) is 0 Å². The van der Waals surface area contributed by atoms with Crippen LogP contribution >= 0.6 is 0 Å². The van der Waals surface area contributed by atoms with Crippen LogP contribution in [0.15, 0.2) is 4.99 Å². The summed E-state index contributed by atoms with van der Waals surface area (Å²) in [7, 11) is 0. The summed E-state index contributed by atoms with van der Waals surface area (Å²) in [6.45, 7) is 8.48. The van der Waals surface area contributed by atoms with Crippen molar-refractivity contribution >= 4 is 5.96 Å². The van der Waals surface area contributed by atoms with E-state index in [0.29, 0.717) is 5.96 Å². The van der Waals surface area contributed by atoms with Crippen molar-refractivity contribution in [2.45, 2.75) is 64.5 Å². The molecule has 0 bridgehead atoms. The van der Waals surface area contributed by atoms with Gasteiger partial charge >= 0.3 is 0 Å². The molecule has 0 unspecified atom stereocenters. The Hall–Kier alpha value is -0.770. The van der Waals surface area contributed by atoms with Crippen LogP contribution in [0.2, 0.25) is 0 Å². The Morgan fingerprint density at radius 1 is 1.41 bits per heavy atom. The minimum absolute atomic E-state index is 0.0895. The molecule has 0 amide bonds. The summed E-state index contributed by atoms with van der Waals surface area (Å²) in [4.78, 5) is 4.54. The maximum Gasteiger partial charge on any atom is 0.189 e. The van der Waals surface area contributed by atoms with Gasteiger partial charge in [-0.25, -0.2) is 4.99 Å². The van der Waals surface area contributed by atoms with Crippen molar-refractivity contribution in [3.8, 4) is 0 Å². The molecule has 1 rings (SSSR count). The number of aliphatic hydroxyl groups excluding tert-OH is 1. The molecule has 4 nitrogen and oxygen atoms in total. The van der Waals surface area contributed by atoms with Crippen LogP contribution in [0.5, 0.6) is 0 Å². The average Bonchev–Trinajstić information content (AvgIpc) is 2.19. The number of aliphatic hydroxyl groups is 1. The molecule has 0 aromatic carbocycles. The number of nitrogens with two attached hydrogens (primary N) is 1. The highest BCUT2D eigenvalue weighted by Gasteiger charge is 2.33. The molecule has 0 saturated heterocycles. The normalized spacial score (nSPS) is 31.4. The van der Waals surface area contributed by atoms with Crippen LogP contribution in [0, 0.1) is 5.92 Å². The van der Waals surface area contributed by atoms with Crippen LogP contribution in [0.25, 0.3) is 0 Å². The third-order valence-electron chi connectivity index (χ3n) is 3.36. The van der Waals surface area contributed by atoms with Gasteiger partial charge in [0.05, 0.1) is 12.1 Å². The molecule has 4 heteroatoms. The minimum atomic E-state index is -0.352. The second kappa shape index (κ2) is 5.25. The van der Waals surface area contributed by atoms with Gasteiger partial charge in [-0.3, -0.25) is 0 Å². The molecule has 0 radical (unpaired) electrons. The van der Waals surface area contributed by atoms with Gasteiger partial charge in [-0.1, -0.05) is 6.92 Å². The minimum Gasteiger partial charge on any atom is -0.394 e. The van der Waals surface area contributed by atoms with Crippen molar-refractivity contribution in [1.82, 2.24) is 5.32 Å². The Bertz CT molecular complexity index is 273. The van der Waals surface area contributed by atoms with Gasteiger partial charge in [0.2, 0.25) is 0 Å². The molecule has 100 valence electrons. The molecule has 0 spiro atoms. The predicted octanol–water partition coefficient (Wildman–Crippen LogP) is 1.63. The molecule has 0 aromatic heterocycles. The highest BCUT2D eigenvalue weighted by molar-refractivity contribution is 5.79. The number of nitrogens with one attached hydrogen (secondary N) is 1. The van der Waals surface area contributed by atoms with Crippen molar-refractivity contribution in [1.29, 1.82) is 0 Å². The lowest BCUT2D eigenvalue weighted by molar-refractivity contribution is 0.141. The highest BCUT2D eigenvalue weighted by Crippen LogP contribution is 2.34. The largest absolute Gasteiger partial charge is 0.394 e. The summed E-state index contributed by atoms with van der Waals surface area (Å²) >= 11 is 0. The number of hydrogen-bond acceptors (Lipinski definition) is 2. The van der Waals surface area contributed by atoms with E-state index in [9.17, 15) is 5.11 Å². The maximum absolute atomic E-state index is 9.58. The quantitative estimate of drug-likeness (QED) is 0.508. The van der Waals surface area contributed by atoms with E-state index >= 15 is 0 Å². The summed E-state index contributed by atoms with van der Waals surface area (Å²) in [5.74, 6) is 1.18. The lowest BCUT2D eigenvalue weighted by Gasteiger charge is -2.35. The van der Waals surface area contributed by atoms with E-state index in [1.807, 2.05) is 20.8 Å². The Kier molecular flexibility index (Phi) is 4.42. The number of guanidine groups is 1. The van der Waals surface area contributed by atoms with Crippen molar-refractivity contribution in [3.63, 3.8) is 0 Å². The van der Waals surface area contributed by atoms with Crippen molar-refractivity contribution in [3.05, 3.63) is 0 Å². The molecule has 0 heterocycles. The fraction of sp³-hybridized carbons (Fsp3) is 0.923. The molecule has 1 fully saturated rings. The van der Waals surface area contributed by atoms with Crippen molar-refractivity contribution in [2.24, 2.45) is 16.6 Å². The van der Waals surface area contributed by atoms with Crippen LogP contribution in [-0.4, -0.2) is 28.8 Å².